The van der Waals surface area contributed by atoms with Crippen molar-refractivity contribution in [2.75, 3.05) is 11.9 Å². The van der Waals surface area contributed by atoms with E-state index in [0.717, 1.165) is 29.1 Å². The molecular formula is C16H23ClN2O. The number of halogens is 1. The summed E-state index contributed by atoms with van der Waals surface area (Å²) in [6, 6.07) is 6.26. The van der Waals surface area contributed by atoms with Crippen LogP contribution in [0, 0.1) is 6.92 Å². The summed E-state index contributed by atoms with van der Waals surface area (Å²) in [6.07, 6.45) is 6.56. The molecule has 4 heteroatoms. The van der Waals surface area contributed by atoms with E-state index >= 15 is 0 Å². The maximum Gasteiger partial charge on any atom is 0.221 e. The summed E-state index contributed by atoms with van der Waals surface area (Å²) in [6.45, 7) is 2.61. The second-order valence-corrected chi connectivity index (χ2v) is 5.95. The third kappa shape index (κ3) is 4.71. The Balaban J connectivity index is 1.69. The van der Waals surface area contributed by atoms with E-state index < -0.39 is 0 Å². The van der Waals surface area contributed by atoms with Crippen LogP contribution in [0.3, 0.4) is 0 Å². The lowest BCUT2D eigenvalue weighted by molar-refractivity contribution is -0.121. The molecule has 0 aromatic heterocycles. The Morgan fingerprint density at radius 1 is 1.30 bits per heavy atom. The first-order chi connectivity index (χ1) is 9.65. The number of rotatable bonds is 5. The molecule has 0 spiro atoms. The van der Waals surface area contributed by atoms with Gasteiger partial charge >= 0.3 is 0 Å². The van der Waals surface area contributed by atoms with Crippen LogP contribution in [0.4, 0.5) is 5.69 Å². The molecule has 2 rings (SSSR count). The van der Waals surface area contributed by atoms with Crippen LogP contribution in [0.5, 0.6) is 0 Å². The third-order valence-electron chi connectivity index (χ3n) is 3.82. The lowest BCUT2D eigenvalue weighted by Gasteiger charge is -2.22. The molecule has 2 N–H and O–H groups in total. The second kappa shape index (κ2) is 7.53. The first kappa shape index (κ1) is 15.2. The van der Waals surface area contributed by atoms with Gasteiger partial charge in [0.2, 0.25) is 5.91 Å². The highest BCUT2D eigenvalue weighted by atomic mass is 35.5. The summed E-state index contributed by atoms with van der Waals surface area (Å²) < 4.78 is 0. The standard InChI is InChI=1S/C16H23ClN2O/c1-12-7-8-14(11-15(12)17)18-10-9-16(20)19-13-5-3-2-4-6-13/h7-8,11,13,18H,2-6,9-10H2,1H3,(H,19,20). The Labute approximate surface area is 126 Å². The van der Waals surface area contributed by atoms with Crippen LogP contribution >= 0.6 is 11.6 Å². The molecule has 1 amide bonds. The van der Waals surface area contributed by atoms with Crippen molar-refractivity contribution < 1.29 is 4.79 Å². The predicted molar refractivity (Wildman–Crippen MR) is 84.3 cm³/mol. The lowest BCUT2D eigenvalue weighted by Crippen LogP contribution is -2.36. The van der Waals surface area contributed by atoms with Crippen molar-refractivity contribution in [3.8, 4) is 0 Å². The van der Waals surface area contributed by atoms with Gasteiger partial charge in [0.25, 0.3) is 0 Å². The first-order valence-electron chi connectivity index (χ1n) is 7.44. The zero-order chi connectivity index (χ0) is 14.4. The summed E-state index contributed by atoms with van der Waals surface area (Å²) in [5, 5.41) is 7.11. The van der Waals surface area contributed by atoms with Gasteiger partial charge in [-0.05, 0) is 37.5 Å². The van der Waals surface area contributed by atoms with Gasteiger partial charge < -0.3 is 10.6 Å². The van der Waals surface area contributed by atoms with Crippen molar-refractivity contribution in [1.82, 2.24) is 5.32 Å². The number of amides is 1. The molecule has 0 heterocycles. The Kier molecular flexibility index (Phi) is 5.72. The van der Waals surface area contributed by atoms with Crippen molar-refractivity contribution in [3.05, 3.63) is 28.8 Å². The van der Waals surface area contributed by atoms with Crippen molar-refractivity contribution >= 4 is 23.2 Å². The zero-order valence-corrected chi connectivity index (χ0v) is 12.8. The van der Waals surface area contributed by atoms with Crippen LogP contribution in [0.15, 0.2) is 18.2 Å². The monoisotopic (exact) mass is 294 g/mol. The third-order valence-corrected chi connectivity index (χ3v) is 4.23. The molecule has 1 aromatic rings. The van der Waals surface area contributed by atoms with Crippen molar-refractivity contribution in [3.63, 3.8) is 0 Å². The zero-order valence-electron chi connectivity index (χ0n) is 12.0. The van der Waals surface area contributed by atoms with Gasteiger partial charge in [0.05, 0.1) is 0 Å². The van der Waals surface area contributed by atoms with Gasteiger partial charge in [-0.3, -0.25) is 4.79 Å². The molecule has 0 saturated heterocycles. The van der Waals surface area contributed by atoms with Crippen LogP contribution < -0.4 is 10.6 Å². The van der Waals surface area contributed by atoms with Gasteiger partial charge in [0, 0.05) is 29.7 Å². The average Bonchev–Trinajstić information content (AvgIpc) is 2.44. The van der Waals surface area contributed by atoms with Gasteiger partial charge in [0.1, 0.15) is 0 Å². The van der Waals surface area contributed by atoms with Crippen molar-refractivity contribution in [2.24, 2.45) is 0 Å². The number of aryl methyl sites for hydroxylation is 1. The molecule has 0 bridgehead atoms. The Morgan fingerprint density at radius 3 is 2.75 bits per heavy atom. The number of carbonyl (C=O) groups is 1. The van der Waals surface area contributed by atoms with Crippen LogP contribution in [-0.2, 0) is 4.79 Å². The Morgan fingerprint density at radius 2 is 2.05 bits per heavy atom. The lowest BCUT2D eigenvalue weighted by atomic mass is 9.95. The van der Waals surface area contributed by atoms with E-state index in [1.807, 2.05) is 25.1 Å². The molecule has 0 aliphatic heterocycles. The molecule has 110 valence electrons. The van der Waals surface area contributed by atoms with E-state index in [2.05, 4.69) is 10.6 Å². The molecule has 20 heavy (non-hydrogen) atoms. The van der Waals surface area contributed by atoms with Crippen LogP contribution in [0.2, 0.25) is 5.02 Å². The summed E-state index contributed by atoms with van der Waals surface area (Å²) >= 11 is 6.06. The molecular weight excluding hydrogens is 272 g/mol. The number of hydrogen-bond donors (Lipinski definition) is 2. The molecule has 0 atom stereocenters. The molecule has 1 aliphatic rings. The summed E-state index contributed by atoms with van der Waals surface area (Å²) in [5.74, 6) is 0.141. The number of benzene rings is 1. The van der Waals surface area contributed by atoms with Crippen molar-refractivity contribution in [1.29, 1.82) is 0 Å². The number of anilines is 1. The van der Waals surface area contributed by atoms with Gasteiger partial charge in [-0.2, -0.15) is 0 Å². The minimum Gasteiger partial charge on any atom is -0.384 e. The van der Waals surface area contributed by atoms with E-state index in [1.165, 1.54) is 19.3 Å². The number of hydrogen-bond acceptors (Lipinski definition) is 2. The van der Waals surface area contributed by atoms with Crippen LogP contribution in [0.25, 0.3) is 0 Å². The topological polar surface area (TPSA) is 41.1 Å². The van der Waals surface area contributed by atoms with Gasteiger partial charge in [-0.1, -0.05) is 36.9 Å². The molecule has 0 radical (unpaired) electrons. The fourth-order valence-corrected chi connectivity index (χ4v) is 2.75. The highest BCUT2D eigenvalue weighted by molar-refractivity contribution is 6.31. The highest BCUT2D eigenvalue weighted by Crippen LogP contribution is 2.20. The molecule has 1 saturated carbocycles. The molecule has 1 aliphatic carbocycles. The summed E-state index contributed by atoms with van der Waals surface area (Å²) in [5.41, 5.74) is 2.03. The van der Waals surface area contributed by atoms with Gasteiger partial charge in [0.15, 0.2) is 0 Å². The SMILES string of the molecule is Cc1ccc(NCCC(=O)NC2CCCCC2)cc1Cl. The first-order valence-corrected chi connectivity index (χ1v) is 7.82. The molecule has 3 nitrogen and oxygen atoms in total. The Hall–Kier alpha value is -1.22. The van der Waals surface area contributed by atoms with E-state index in [1.54, 1.807) is 0 Å². The van der Waals surface area contributed by atoms with E-state index in [4.69, 9.17) is 11.6 Å². The fraction of sp³-hybridized carbons (Fsp3) is 0.562. The number of carbonyl (C=O) groups excluding carboxylic acids is 1. The van der Waals surface area contributed by atoms with Gasteiger partial charge in [-0.25, -0.2) is 0 Å². The largest absolute Gasteiger partial charge is 0.384 e. The second-order valence-electron chi connectivity index (χ2n) is 5.54. The smallest absolute Gasteiger partial charge is 0.221 e. The van der Waals surface area contributed by atoms with Crippen LogP contribution in [0.1, 0.15) is 44.1 Å². The van der Waals surface area contributed by atoms with E-state index in [9.17, 15) is 4.79 Å². The maximum atomic E-state index is 11.8. The molecule has 0 unspecified atom stereocenters. The van der Waals surface area contributed by atoms with E-state index in [-0.39, 0.29) is 5.91 Å². The maximum absolute atomic E-state index is 11.8. The van der Waals surface area contributed by atoms with Crippen LogP contribution in [-0.4, -0.2) is 18.5 Å². The fourth-order valence-electron chi connectivity index (χ4n) is 2.57. The minimum absolute atomic E-state index is 0.141. The summed E-state index contributed by atoms with van der Waals surface area (Å²) in [7, 11) is 0. The van der Waals surface area contributed by atoms with Crippen molar-refractivity contribution in [2.45, 2.75) is 51.5 Å². The Bertz CT molecular complexity index is 456. The van der Waals surface area contributed by atoms with E-state index in [0.29, 0.717) is 19.0 Å². The molecule has 1 fully saturated rings. The quantitative estimate of drug-likeness (QED) is 0.865. The number of nitrogens with one attached hydrogen (secondary N) is 2. The predicted octanol–water partition coefficient (Wildman–Crippen LogP) is 3.90. The minimum atomic E-state index is 0.141. The summed E-state index contributed by atoms with van der Waals surface area (Å²) in [4.78, 5) is 11.8. The van der Waals surface area contributed by atoms with Gasteiger partial charge in [-0.15, -0.1) is 0 Å². The highest BCUT2D eigenvalue weighted by Gasteiger charge is 2.15. The normalized spacial score (nSPS) is 15.9. The molecule has 1 aromatic carbocycles. The average molecular weight is 295 g/mol.